The van der Waals surface area contributed by atoms with E-state index >= 15 is 0 Å². The number of nitrogens with two attached hydrogens (primary N) is 1. The first-order valence-corrected chi connectivity index (χ1v) is 4.49. The van der Waals surface area contributed by atoms with E-state index in [9.17, 15) is 4.39 Å². The highest BCUT2D eigenvalue weighted by molar-refractivity contribution is 5.79. The second kappa shape index (κ2) is 5.19. The Balaban J connectivity index is 2.48. The van der Waals surface area contributed by atoms with Crippen molar-refractivity contribution < 1.29 is 14.3 Å². The summed E-state index contributed by atoms with van der Waals surface area (Å²) in [5.74, 6) is 0.211. The van der Waals surface area contributed by atoms with Crippen LogP contribution in [0.1, 0.15) is 12.0 Å². The predicted molar refractivity (Wildman–Crippen MR) is 54.7 cm³/mol. The molecule has 1 aromatic rings. The van der Waals surface area contributed by atoms with E-state index in [1.807, 2.05) is 0 Å². The van der Waals surface area contributed by atoms with Gasteiger partial charge in [-0.05, 0) is 18.6 Å². The largest absolute Gasteiger partial charge is 0.493 e. The molecule has 0 aliphatic heterocycles. The molecule has 0 atom stereocenters. The van der Waals surface area contributed by atoms with Crippen LogP contribution in [-0.4, -0.2) is 17.6 Å². The summed E-state index contributed by atoms with van der Waals surface area (Å²) >= 11 is 0. The first-order chi connectivity index (χ1) is 7.13. The summed E-state index contributed by atoms with van der Waals surface area (Å²) in [6.45, 7) is 1.92. The van der Waals surface area contributed by atoms with Crippen LogP contribution < -0.4 is 10.5 Å². The number of ether oxygens (including phenoxy) is 1. The summed E-state index contributed by atoms with van der Waals surface area (Å²) in [5.41, 5.74) is 5.81. The third kappa shape index (κ3) is 3.46. The second-order valence-corrected chi connectivity index (χ2v) is 3.10. The number of rotatable bonds is 4. The van der Waals surface area contributed by atoms with Gasteiger partial charge in [-0.15, -0.1) is 0 Å². The quantitative estimate of drug-likeness (QED) is 0.345. The number of nitrogens with zero attached hydrogens (tertiary/aromatic N) is 1. The van der Waals surface area contributed by atoms with Gasteiger partial charge in [-0.1, -0.05) is 11.2 Å². The van der Waals surface area contributed by atoms with Gasteiger partial charge >= 0.3 is 0 Å². The van der Waals surface area contributed by atoms with Crippen molar-refractivity contribution in [1.82, 2.24) is 0 Å². The molecule has 0 spiro atoms. The maximum absolute atomic E-state index is 13.1. The molecule has 0 unspecified atom stereocenters. The molecule has 1 aromatic carbocycles. The molecular formula is C10H13FN2O2. The molecule has 1 rings (SSSR count). The molecule has 0 radical (unpaired) electrons. The lowest BCUT2D eigenvalue weighted by Crippen LogP contribution is -2.15. The molecule has 0 aliphatic rings. The first kappa shape index (κ1) is 11.3. The van der Waals surface area contributed by atoms with E-state index in [-0.39, 0.29) is 18.3 Å². The lowest BCUT2D eigenvalue weighted by atomic mass is 10.2. The Morgan fingerprint density at radius 1 is 1.60 bits per heavy atom. The van der Waals surface area contributed by atoms with Gasteiger partial charge in [0.2, 0.25) is 0 Å². The fourth-order valence-corrected chi connectivity index (χ4v) is 0.987. The van der Waals surface area contributed by atoms with E-state index in [1.165, 1.54) is 6.07 Å². The van der Waals surface area contributed by atoms with Gasteiger partial charge in [-0.25, -0.2) is 4.39 Å². The van der Waals surface area contributed by atoms with Gasteiger partial charge in [-0.3, -0.25) is 0 Å². The average molecular weight is 212 g/mol. The van der Waals surface area contributed by atoms with Crippen molar-refractivity contribution in [3.8, 4) is 5.75 Å². The summed E-state index contributed by atoms with van der Waals surface area (Å²) in [5, 5.41) is 11.1. The Morgan fingerprint density at radius 3 is 2.93 bits per heavy atom. The third-order valence-electron chi connectivity index (χ3n) is 1.90. The lowest BCUT2D eigenvalue weighted by Gasteiger charge is -2.06. The Labute approximate surface area is 87.2 Å². The van der Waals surface area contributed by atoms with Crippen LogP contribution in [0.25, 0.3) is 0 Å². The van der Waals surface area contributed by atoms with E-state index in [0.717, 1.165) is 0 Å². The van der Waals surface area contributed by atoms with Gasteiger partial charge in [0, 0.05) is 12.5 Å². The smallest absolute Gasteiger partial charge is 0.142 e. The van der Waals surface area contributed by atoms with Crippen molar-refractivity contribution >= 4 is 5.84 Å². The number of benzene rings is 1. The molecule has 0 fully saturated rings. The molecule has 4 nitrogen and oxygen atoms in total. The molecule has 0 saturated carbocycles. The summed E-state index contributed by atoms with van der Waals surface area (Å²) in [6.07, 6.45) is 0.298. The van der Waals surface area contributed by atoms with Crippen molar-refractivity contribution in [3.63, 3.8) is 0 Å². The number of aryl methyl sites for hydroxylation is 1. The van der Waals surface area contributed by atoms with Gasteiger partial charge in [-0.2, -0.15) is 0 Å². The molecular weight excluding hydrogens is 199 g/mol. The number of amidine groups is 1. The average Bonchev–Trinajstić information content (AvgIpc) is 2.23. The minimum absolute atomic E-state index is 0.0857. The normalized spacial score (nSPS) is 11.5. The van der Waals surface area contributed by atoms with Gasteiger partial charge < -0.3 is 15.7 Å². The molecule has 0 bridgehead atoms. The first-order valence-electron chi connectivity index (χ1n) is 4.49. The molecule has 0 heterocycles. The summed E-state index contributed by atoms with van der Waals surface area (Å²) in [4.78, 5) is 0. The zero-order valence-corrected chi connectivity index (χ0v) is 8.40. The minimum atomic E-state index is -0.309. The summed E-state index contributed by atoms with van der Waals surface area (Å²) < 4.78 is 18.3. The topological polar surface area (TPSA) is 67.8 Å². The molecule has 3 N–H and O–H groups in total. The maximum atomic E-state index is 13.1. The van der Waals surface area contributed by atoms with Gasteiger partial charge in [0.1, 0.15) is 17.4 Å². The minimum Gasteiger partial charge on any atom is -0.493 e. The van der Waals surface area contributed by atoms with Crippen molar-refractivity contribution in [1.29, 1.82) is 0 Å². The monoisotopic (exact) mass is 212 g/mol. The Morgan fingerprint density at radius 2 is 2.33 bits per heavy atom. The fraction of sp³-hybridized carbons (Fsp3) is 0.300. The van der Waals surface area contributed by atoms with Crippen molar-refractivity contribution in [2.45, 2.75) is 13.3 Å². The number of hydrogen-bond acceptors (Lipinski definition) is 3. The van der Waals surface area contributed by atoms with E-state index in [2.05, 4.69) is 5.16 Å². The van der Waals surface area contributed by atoms with Crippen LogP contribution in [0.2, 0.25) is 0 Å². The van der Waals surface area contributed by atoms with Crippen LogP contribution in [0.15, 0.2) is 23.4 Å². The Kier molecular flexibility index (Phi) is 3.91. The Hall–Kier alpha value is -1.78. The van der Waals surface area contributed by atoms with Crippen LogP contribution >= 0.6 is 0 Å². The molecule has 0 aliphatic carbocycles. The second-order valence-electron chi connectivity index (χ2n) is 3.10. The predicted octanol–water partition coefficient (Wildman–Crippen LogP) is 1.65. The highest BCUT2D eigenvalue weighted by Crippen LogP contribution is 2.15. The van der Waals surface area contributed by atoms with E-state index in [4.69, 9.17) is 15.7 Å². The molecule has 5 heteroatoms. The van der Waals surface area contributed by atoms with Crippen LogP contribution in [0, 0.1) is 12.7 Å². The molecule has 0 saturated heterocycles. The maximum Gasteiger partial charge on any atom is 0.142 e. The van der Waals surface area contributed by atoms with Gasteiger partial charge in [0.25, 0.3) is 0 Å². The van der Waals surface area contributed by atoms with Crippen LogP contribution in [-0.2, 0) is 0 Å². The highest BCUT2D eigenvalue weighted by atomic mass is 19.1. The van der Waals surface area contributed by atoms with Crippen molar-refractivity contribution in [2.75, 3.05) is 6.61 Å². The highest BCUT2D eigenvalue weighted by Gasteiger charge is 2.00. The van der Waals surface area contributed by atoms with E-state index in [1.54, 1.807) is 19.1 Å². The Bertz CT molecular complexity index is 366. The number of hydrogen-bond donors (Lipinski definition) is 2. The van der Waals surface area contributed by atoms with Crippen LogP contribution in [0.4, 0.5) is 4.39 Å². The SMILES string of the molecule is Cc1ccc(OCC/C(N)=N/O)cc1F. The standard InChI is InChI=1S/C10H13FN2O2/c1-7-2-3-8(6-9(7)11)15-5-4-10(12)13-14/h2-3,6,14H,4-5H2,1H3,(H2,12,13). The van der Waals surface area contributed by atoms with Crippen molar-refractivity contribution in [2.24, 2.45) is 10.9 Å². The van der Waals surface area contributed by atoms with Gasteiger partial charge in [0.15, 0.2) is 0 Å². The summed E-state index contributed by atoms with van der Waals surface area (Å²) in [6, 6.07) is 4.61. The number of halogens is 1. The summed E-state index contributed by atoms with van der Waals surface area (Å²) in [7, 11) is 0. The zero-order valence-electron chi connectivity index (χ0n) is 8.40. The molecule has 0 amide bonds. The molecule has 15 heavy (non-hydrogen) atoms. The zero-order chi connectivity index (χ0) is 11.3. The van der Waals surface area contributed by atoms with E-state index in [0.29, 0.717) is 17.7 Å². The van der Waals surface area contributed by atoms with E-state index < -0.39 is 0 Å². The van der Waals surface area contributed by atoms with Crippen LogP contribution in [0.3, 0.4) is 0 Å². The fourth-order valence-electron chi connectivity index (χ4n) is 0.987. The lowest BCUT2D eigenvalue weighted by molar-refractivity contribution is 0.305. The van der Waals surface area contributed by atoms with Gasteiger partial charge in [0.05, 0.1) is 6.61 Å². The molecule has 0 aromatic heterocycles. The molecule has 82 valence electrons. The van der Waals surface area contributed by atoms with Crippen LogP contribution in [0.5, 0.6) is 5.75 Å². The number of oxime groups is 1. The third-order valence-corrected chi connectivity index (χ3v) is 1.90. The van der Waals surface area contributed by atoms with Crippen molar-refractivity contribution in [3.05, 3.63) is 29.6 Å².